The number of ether oxygens (including phenoxy) is 2. The van der Waals surface area contributed by atoms with Gasteiger partial charge in [-0.15, -0.1) is 0 Å². The molecule has 148 valence electrons. The van der Waals surface area contributed by atoms with Crippen molar-refractivity contribution in [3.8, 4) is 17.1 Å². The topological polar surface area (TPSA) is 169 Å². The van der Waals surface area contributed by atoms with Gasteiger partial charge in [-0.3, -0.25) is 14.3 Å². The number of anilines is 1. The van der Waals surface area contributed by atoms with Crippen LogP contribution in [0.25, 0.3) is 22.6 Å². The maximum Gasteiger partial charge on any atom is 0.280 e. The molecule has 1 aromatic carbocycles. The van der Waals surface area contributed by atoms with Crippen molar-refractivity contribution in [2.75, 3.05) is 19.5 Å². The van der Waals surface area contributed by atoms with E-state index in [9.17, 15) is 20.1 Å². The Morgan fingerprint density at radius 1 is 1.25 bits per heavy atom. The summed E-state index contributed by atoms with van der Waals surface area (Å²) in [4.78, 5) is 23.2. The molecule has 0 aliphatic carbocycles. The summed E-state index contributed by atoms with van der Waals surface area (Å²) in [6.07, 6.45) is -4.84. The van der Waals surface area contributed by atoms with Crippen molar-refractivity contribution in [3.63, 3.8) is 0 Å². The van der Waals surface area contributed by atoms with Crippen molar-refractivity contribution in [3.05, 3.63) is 34.6 Å². The van der Waals surface area contributed by atoms with E-state index in [0.29, 0.717) is 11.3 Å². The largest absolute Gasteiger partial charge is 0.497 e. The summed E-state index contributed by atoms with van der Waals surface area (Å²) in [7, 11) is 1.54. The molecule has 0 saturated carbocycles. The fourth-order valence-electron chi connectivity index (χ4n) is 3.28. The van der Waals surface area contributed by atoms with E-state index in [4.69, 9.17) is 15.2 Å². The number of methoxy groups -OCH3 is 1. The fourth-order valence-corrected chi connectivity index (χ4v) is 3.28. The standard InChI is InChI=1S/C17H19N5O6/c1-27-8-4-2-7(3-5-8)13-19-10-14(20-17(18)21-15(10)26)22(13)16-12(25)11(24)9(6-23)28-16/h2-5,9,11-12,16,23-25H,6H2,1H3,(H3,18,20,21,26)/t9-,11-,12-,16-/m1/s1. The van der Waals surface area contributed by atoms with Crippen LogP contribution >= 0.6 is 0 Å². The minimum absolute atomic E-state index is 0.00208. The first-order chi connectivity index (χ1) is 13.4. The van der Waals surface area contributed by atoms with Crippen molar-refractivity contribution in [2.45, 2.75) is 24.5 Å². The molecule has 4 atom stereocenters. The van der Waals surface area contributed by atoms with E-state index in [2.05, 4.69) is 15.0 Å². The number of fused-ring (bicyclic) bond motifs is 1. The predicted octanol–water partition coefficient (Wildman–Crippen LogP) is -1.01. The average Bonchev–Trinajstić information content (AvgIpc) is 3.20. The lowest BCUT2D eigenvalue weighted by atomic mass is 10.1. The Hall–Kier alpha value is -2.99. The molecule has 1 fully saturated rings. The number of nitrogens with zero attached hydrogens (tertiary/aromatic N) is 3. The van der Waals surface area contributed by atoms with Crippen molar-refractivity contribution in [1.82, 2.24) is 19.5 Å². The molecule has 28 heavy (non-hydrogen) atoms. The van der Waals surface area contributed by atoms with Crippen molar-refractivity contribution < 1.29 is 24.8 Å². The van der Waals surface area contributed by atoms with Gasteiger partial charge in [0, 0.05) is 5.56 Å². The van der Waals surface area contributed by atoms with Crippen LogP contribution in [-0.4, -0.2) is 66.9 Å². The van der Waals surface area contributed by atoms with E-state index in [-0.39, 0.29) is 22.9 Å². The molecule has 3 aromatic rings. The highest BCUT2D eigenvalue weighted by atomic mass is 16.6. The highest BCUT2D eigenvalue weighted by Crippen LogP contribution is 2.35. The molecule has 11 nitrogen and oxygen atoms in total. The van der Waals surface area contributed by atoms with E-state index in [1.165, 1.54) is 11.7 Å². The third-order valence-corrected chi connectivity index (χ3v) is 4.69. The van der Waals surface area contributed by atoms with Gasteiger partial charge >= 0.3 is 0 Å². The molecule has 0 bridgehead atoms. The molecular formula is C17H19N5O6. The molecule has 2 aromatic heterocycles. The van der Waals surface area contributed by atoms with E-state index in [1.54, 1.807) is 24.3 Å². The molecule has 4 rings (SSSR count). The quantitative estimate of drug-likeness (QED) is 0.375. The summed E-state index contributed by atoms with van der Waals surface area (Å²) in [5, 5.41) is 30.0. The first-order valence-electron chi connectivity index (χ1n) is 8.49. The second-order valence-electron chi connectivity index (χ2n) is 6.39. The minimum Gasteiger partial charge on any atom is -0.497 e. The maximum atomic E-state index is 12.3. The van der Waals surface area contributed by atoms with Crippen LogP contribution in [0.5, 0.6) is 5.75 Å². The summed E-state index contributed by atoms with van der Waals surface area (Å²) in [5.74, 6) is 0.766. The molecule has 0 unspecified atom stereocenters. The Kier molecular flexibility index (Phi) is 4.51. The highest BCUT2D eigenvalue weighted by Gasteiger charge is 2.45. The number of nitrogens with one attached hydrogen (secondary N) is 1. The van der Waals surface area contributed by atoms with Crippen molar-refractivity contribution in [1.29, 1.82) is 0 Å². The van der Waals surface area contributed by atoms with Gasteiger partial charge in [-0.2, -0.15) is 4.98 Å². The number of hydrogen-bond donors (Lipinski definition) is 5. The zero-order chi connectivity index (χ0) is 20.0. The third-order valence-electron chi connectivity index (χ3n) is 4.69. The van der Waals surface area contributed by atoms with Crippen LogP contribution in [0.3, 0.4) is 0 Å². The summed E-state index contributed by atoms with van der Waals surface area (Å²) < 4.78 is 12.2. The second-order valence-corrected chi connectivity index (χ2v) is 6.39. The normalized spacial score (nSPS) is 24.7. The fraction of sp³-hybridized carbons (Fsp3) is 0.353. The number of aromatic amines is 1. The number of aromatic nitrogens is 4. The molecule has 3 heterocycles. The summed E-state index contributed by atoms with van der Waals surface area (Å²) in [5.41, 5.74) is 5.80. The number of aliphatic hydroxyl groups excluding tert-OH is 3. The minimum atomic E-state index is -1.38. The van der Waals surface area contributed by atoms with E-state index < -0.39 is 36.7 Å². The first kappa shape index (κ1) is 18.4. The molecular weight excluding hydrogens is 370 g/mol. The summed E-state index contributed by atoms with van der Waals surface area (Å²) >= 11 is 0. The predicted molar refractivity (Wildman–Crippen MR) is 97.6 cm³/mol. The Bertz CT molecular complexity index is 1060. The molecule has 1 aliphatic heterocycles. The Morgan fingerprint density at radius 3 is 2.57 bits per heavy atom. The lowest BCUT2D eigenvalue weighted by Gasteiger charge is -2.19. The number of aliphatic hydroxyl groups is 3. The zero-order valence-electron chi connectivity index (χ0n) is 14.8. The monoisotopic (exact) mass is 389 g/mol. The van der Waals surface area contributed by atoms with Gasteiger partial charge in [0.25, 0.3) is 5.56 Å². The van der Waals surface area contributed by atoms with Crippen LogP contribution in [0, 0.1) is 0 Å². The zero-order valence-corrected chi connectivity index (χ0v) is 14.8. The molecule has 1 saturated heterocycles. The van der Waals surface area contributed by atoms with Crippen LogP contribution in [0.15, 0.2) is 29.1 Å². The van der Waals surface area contributed by atoms with Gasteiger partial charge in [0.15, 0.2) is 17.4 Å². The van der Waals surface area contributed by atoms with Gasteiger partial charge in [-0.25, -0.2) is 4.98 Å². The van der Waals surface area contributed by atoms with E-state index in [0.717, 1.165) is 0 Å². The maximum absolute atomic E-state index is 12.3. The molecule has 11 heteroatoms. The van der Waals surface area contributed by atoms with Crippen molar-refractivity contribution in [2.24, 2.45) is 0 Å². The van der Waals surface area contributed by atoms with Crippen LogP contribution < -0.4 is 16.0 Å². The number of nitrogens with two attached hydrogens (primary N) is 1. The number of H-pyrrole nitrogens is 1. The number of imidazole rings is 1. The van der Waals surface area contributed by atoms with Gasteiger partial charge in [-0.05, 0) is 24.3 Å². The second kappa shape index (κ2) is 6.87. The van der Waals surface area contributed by atoms with Crippen LogP contribution in [0.1, 0.15) is 6.23 Å². The number of hydrogen-bond acceptors (Lipinski definition) is 9. The molecule has 6 N–H and O–H groups in total. The van der Waals surface area contributed by atoms with Crippen molar-refractivity contribution >= 4 is 17.1 Å². The first-order valence-corrected chi connectivity index (χ1v) is 8.49. The Labute approximate surface area is 158 Å². The van der Waals surface area contributed by atoms with Gasteiger partial charge in [0.2, 0.25) is 5.95 Å². The van der Waals surface area contributed by atoms with Gasteiger partial charge < -0.3 is 30.5 Å². The van der Waals surface area contributed by atoms with Gasteiger partial charge in [0.1, 0.15) is 29.9 Å². The Morgan fingerprint density at radius 2 is 1.96 bits per heavy atom. The smallest absolute Gasteiger partial charge is 0.280 e. The molecule has 1 aliphatic rings. The molecule has 0 amide bonds. The average molecular weight is 389 g/mol. The van der Waals surface area contributed by atoms with Crippen LogP contribution in [0.4, 0.5) is 5.95 Å². The number of rotatable bonds is 4. The molecule has 0 spiro atoms. The van der Waals surface area contributed by atoms with Crippen LogP contribution in [0.2, 0.25) is 0 Å². The lowest BCUT2D eigenvalue weighted by Crippen LogP contribution is -2.33. The van der Waals surface area contributed by atoms with E-state index in [1.807, 2.05) is 0 Å². The lowest BCUT2D eigenvalue weighted by molar-refractivity contribution is -0.0503. The summed E-state index contributed by atoms with van der Waals surface area (Å²) in [6, 6.07) is 6.86. The Balaban J connectivity index is 1.95. The summed E-state index contributed by atoms with van der Waals surface area (Å²) in [6.45, 7) is -0.491. The number of nitrogen functional groups attached to an aromatic ring is 1. The van der Waals surface area contributed by atoms with Gasteiger partial charge in [-0.1, -0.05) is 0 Å². The van der Waals surface area contributed by atoms with E-state index >= 15 is 0 Å². The van der Waals surface area contributed by atoms with Crippen LogP contribution in [-0.2, 0) is 4.74 Å². The SMILES string of the molecule is COc1ccc(-c2nc3c(=O)[nH]c(N)nc3n2[C@@H]2O[C@H](CO)[C@@H](O)[C@H]2O)cc1. The van der Waals surface area contributed by atoms with Gasteiger partial charge in [0.05, 0.1) is 13.7 Å². The molecule has 0 radical (unpaired) electrons. The third kappa shape index (κ3) is 2.81. The number of benzene rings is 1. The highest BCUT2D eigenvalue weighted by molar-refractivity contribution is 5.77.